The van der Waals surface area contributed by atoms with Gasteiger partial charge in [-0.05, 0) is 30.0 Å². The zero-order valence-corrected chi connectivity index (χ0v) is 11.4. The van der Waals surface area contributed by atoms with Gasteiger partial charge < -0.3 is 5.32 Å². The number of hydrogen-bond acceptors (Lipinski definition) is 4. The molecule has 1 aromatic carbocycles. The highest BCUT2D eigenvalue weighted by molar-refractivity contribution is 7.10. The summed E-state index contributed by atoms with van der Waals surface area (Å²) in [6, 6.07) is 9.34. The van der Waals surface area contributed by atoms with Crippen molar-refractivity contribution in [1.29, 1.82) is 5.26 Å². The molecular weight excluding hydrogens is 270 g/mol. The van der Waals surface area contributed by atoms with Gasteiger partial charge in [-0.1, -0.05) is 12.1 Å². The first-order chi connectivity index (χ1) is 9.72. The second-order valence-electron chi connectivity index (χ2n) is 4.00. The van der Waals surface area contributed by atoms with Crippen LogP contribution in [0.1, 0.15) is 26.6 Å². The molecule has 1 heterocycles. The van der Waals surface area contributed by atoms with Crippen molar-refractivity contribution < 1.29 is 4.79 Å². The van der Waals surface area contributed by atoms with E-state index in [0.29, 0.717) is 29.2 Å². The van der Waals surface area contributed by atoms with Crippen LogP contribution in [0.5, 0.6) is 0 Å². The van der Waals surface area contributed by atoms with Crippen molar-refractivity contribution in [2.24, 2.45) is 0 Å². The number of hydrogen-bond donors (Lipinski definition) is 1. The Bertz CT molecular complexity index is 689. The number of aromatic nitrogens is 1. The van der Waals surface area contributed by atoms with E-state index in [-0.39, 0.29) is 5.91 Å². The number of nitrogens with one attached hydrogen (secondary N) is 1. The van der Waals surface area contributed by atoms with Crippen LogP contribution in [-0.2, 0) is 6.42 Å². The topological polar surface area (TPSA) is 65.8 Å². The molecule has 0 aliphatic rings. The van der Waals surface area contributed by atoms with Crippen LogP contribution in [0.15, 0.2) is 29.6 Å². The lowest BCUT2D eigenvalue weighted by Gasteiger charge is -2.03. The van der Waals surface area contributed by atoms with E-state index in [2.05, 4.69) is 22.3 Å². The van der Waals surface area contributed by atoms with Crippen LogP contribution in [-0.4, -0.2) is 17.4 Å². The van der Waals surface area contributed by atoms with E-state index < -0.39 is 0 Å². The van der Waals surface area contributed by atoms with E-state index in [1.54, 1.807) is 17.5 Å². The summed E-state index contributed by atoms with van der Waals surface area (Å²) in [6.07, 6.45) is 5.90. The van der Waals surface area contributed by atoms with Crippen molar-refractivity contribution in [3.05, 3.63) is 51.5 Å². The summed E-state index contributed by atoms with van der Waals surface area (Å²) in [4.78, 5) is 15.8. The number of benzene rings is 1. The molecule has 20 heavy (non-hydrogen) atoms. The second-order valence-corrected chi connectivity index (χ2v) is 4.85. The third-order valence-corrected chi connectivity index (χ3v) is 3.42. The molecule has 1 amide bonds. The third kappa shape index (κ3) is 3.44. The van der Waals surface area contributed by atoms with E-state index >= 15 is 0 Å². The van der Waals surface area contributed by atoms with E-state index in [9.17, 15) is 4.79 Å². The van der Waals surface area contributed by atoms with Gasteiger partial charge in [0.15, 0.2) is 5.01 Å². The van der Waals surface area contributed by atoms with Crippen molar-refractivity contribution in [1.82, 2.24) is 10.3 Å². The Morgan fingerprint density at radius 2 is 2.15 bits per heavy atom. The standard InChI is InChI=1S/C15H11N3OS/c1-2-14-18-13(10-20-14)15(19)17-8-7-11-3-5-12(9-16)6-4-11/h1,3-6,10H,7-8H2,(H,17,19). The predicted octanol–water partition coefficient (Wildman–Crippen LogP) is 1.97. The maximum Gasteiger partial charge on any atom is 0.270 e. The van der Waals surface area contributed by atoms with Gasteiger partial charge in [0.1, 0.15) is 5.69 Å². The molecule has 1 aromatic heterocycles. The molecule has 2 aromatic rings. The van der Waals surface area contributed by atoms with Crippen molar-refractivity contribution in [2.75, 3.05) is 6.54 Å². The van der Waals surface area contributed by atoms with Gasteiger partial charge >= 0.3 is 0 Å². The zero-order chi connectivity index (χ0) is 14.4. The Morgan fingerprint density at radius 3 is 2.75 bits per heavy atom. The van der Waals surface area contributed by atoms with Crippen molar-refractivity contribution in [2.45, 2.75) is 6.42 Å². The fourth-order valence-corrected chi connectivity index (χ4v) is 2.20. The van der Waals surface area contributed by atoms with Gasteiger partial charge in [-0.2, -0.15) is 5.26 Å². The van der Waals surface area contributed by atoms with Crippen LogP contribution >= 0.6 is 11.3 Å². The second kappa shape index (κ2) is 6.51. The number of nitrogens with zero attached hydrogens (tertiary/aromatic N) is 2. The first-order valence-electron chi connectivity index (χ1n) is 5.92. The maximum atomic E-state index is 11.8. The molecule has 0 saturated heterocycles. The first-order valence-corrected chi connectivity index (χ1v) is 6.80. The molecular formula is C15H11N3OS. The minimum atomic E-state index is -0.226. The number of amides is 1. The van der Waals surface area contributed by atoms with Crippen LogP contribution < -0.4 is 5.32 Å². The molecule has 0 bridgehead atoms. The Labute approximate surface area is 121 Å². The molecule has 0 unspecified atom stereocenters. The van der Waals surface area contributed by atoms with E-state index in [0.717, 1.165) is 5.56 Å². The lowest BCUT2D eigenvalue weighted by atomic mass is 10.1. The summed E-state index contributed by atoms with van der Waals surface area (Å²) in [5.74, 6) is 2.17. The smallest absolute Gasteiger partial charge is 0.270 e. The number of terminal acetylenes is 1. The Morgan fingerprint density at radius 1 is 1.40 bits per heavy atom. The molecule has 4 nitrogen and oxygen atoms in total. The monoisotopic (exact) mass is 281 g/mol. The summed E-state index contributed by atoms with van der Waals surface area (Å²) in [5.41, 5.74) is 2.04. The zero-order valence-electron chi connectivity index (χ0n) is 10.6. The highest BCUT2D eigenvalue weighted by Gasteiger charge is 2.08. The molecule has 0 saturated carbocycles. The summed E-state index contributed by atoms with van der Waals surface area (Å²) in [7, 11) is 0. The van der Waals surface area contributed by atoms with Crippen LogP contribution in [0.2, 0.25) is 0 Å². The third-order valence-electron chi connectivity index (χ3n) is 2.64. The summed E-state index contributed by atoms with van der Waals surface area (Å²) < 4.78 is 0. The quantitative estimate of drug-likeness (QED) is 0.871. The summed E-state index contributed by atoms with van der Waals surface area (Å²) in [5, 5.41) is 13.6. The average molecular weight is 281 g/mol. The molecule has 0 atom stereocenters. The van der Waals surface area contributed by atoms with Gasteiger partial charge in [0.25, 0.3) is 5.91 Å². The summed E-state index contributed by atoms with van der Waals surface area (Å²) in [6.45, 7) is 0.508. The molecule has 98 valence electrons. The SMILES string of the molecule is C#Cc1nc(C(=O)NCCc2ccc(C#N)cc2)cs1. The van der Waals surface area contributed by atoms with Crippen LogP contribution in [0.3, 0.4) is 0 Å². The van der Waals surface area contributed by atoms with Crippen molar-refractivity contribution in [3.63, 3.8) is 0 Å². The minimum absolute atomic E-state index is 0.226. The number of thiazole rings is 1. The Balaban J connectivity index is 1.85. The molecule has 1 N–H and O–H groups in total. The molecule has 0 aliphatic carbocycles. The maximum absolute atomic E-state index is 11.8. The van der Waals surface area contributed by atoms with Crippen molar-refractivity contribution >= 4 is 17.2 Å². The van der Waals surface area contributed by atoms with Gasteiger partial charge in [-0.25, -0.2) is 4.98 Å². The minimum Gasteiger partial charge on any atom is -0.350 e. The molecule has 2 rings (SSSR count). The van der Waals surface area contributed by atoms with E-state index in [4.69, 9.17) is 11.7 Å². The van der Waals surface area contributed by atoms with Gasteiger partial charge in [-0.15, -0.1) is 17.8 Å². The molecule has 0 aliphatic heterocycles. The lowest BCUT2D eigenvalue weighted by molar-refractivity contribution is 0.0950. The summed E-state index contributed by atoms with van der Waals surface area (Å²) >= 11 is 1.27. The number of rotatable bonds is 4. The molecule has 0 fully saturated rings. The fraction of sp³-hybridized carbons (Fsp3) is 0.133. The van der Waals surface area contributed by atoms with Gasteiger partial charge in [0.05, 0.1) is 11.6 Å². The fourth-order valence-electron chi connectivity index (χ4n) is 1.60. The molecule has 5 heteroatoms. The largest absolute Gasteiger partial charge is 0.350 e. The van der Waals surface area contributed by atoms with Gasteiger partial charge in [0, 0.05) is 11.9 Å². The van der Waals surface area contributed by atoms with E-state index in [1.165, 1.54) is 11.3 Å². The average Bonchev–Trinajstić information content (AvgIpc) is 2.97. The molecule has 0 radical (unpaired) electrons. The lowest BCUT2D eigenvalue weighted by Crippen LogP contribution is -2.25. The predicted molar refractivity (Wildman–Crippen MR) is 77.2 cm³/mol. The number of nitriles is 1. The van der Waals surface area contributed by atoms with E-state index in [1.807, 2.05) is 12.1 Å². The Kier molecular flexibility index (Phi) is 4.49. The highest BCUT2D eigenvalue weighted by Crippen LogP contribution is 2.08. The van der Waals surface area contributed by atoms with Crippen molar-refractivity contribution in [3.8, 4) is 18.4 Å². The normalized spacial score (nSPS) is 9.50. The Hall–Kier alpha value is -2.63. The van der Waals surface area contributed by atoms with Gasteiger partial charge in [-0.3, -0.25) is 4.79 Å². The van der Waals surface area contributed by atoms with Crippen LogP contribution in [0, 0.1) is 23.7 Å². The molecule has 0 spiro atoms. The highest BCUT2D eigenvalue weighted by atomic mass is 32.1. The number of carbonyl (C=O) groups excluding carboxylic acids is 1. The van der Waals surface area contributed by atoms with Gasteiger partial charge in [0.2, 0.25) is 0 Å². The van der Waals surface area contributed by atoms with Crippen LogP contribution in [0.4, 0.5) is 0 Å². The number of carbonyl (C=O) groups is 1. The first kappa shape index (κ1) is 13.8. The van der Waals surface area contributed by atoms with Crippen LogP contribution in [0.25, 0.3) is 0 Å².